The van der Waals surface area contributed by atoms with Crippen LogP contribution in [0.2, 0.25) is 0 Å². The lowest BCUT2D eigenvalue weighted by Gasteiger charge is -2.36. The Kier molecular flexibility index (Phi) is 5.51. The minimum Gasteiger partial charge on any atom is -0.466 e. The lowest BCUT2D eigenvalue weighted by atomic mass is 9.71. The number of carbonyl (C=O) groups is 3. The fourth-order valence-electron chi connectivity index (χ4n) is 4.88. The van der Waals surface area contributed by atoms with Gasteiger partial charge in [0.2, 0.25) is 11.8 Å². The number of rotatable bonds is 6. The average molecular weight is 399 g/mol. The van der Waals surface area contributed by atoms with Crippen LogP contribution in [0.3, 0.4) is 0 Å². The molecular formula is C19H30N2O5S. The van der Waals surface area contributed by atoms with Crippen LogP contribution < -0.4 is 5.32 Å². The molecule has 7 nitrogen and oxygen atoms in total. The van der Waals surface area contributed by atoms with E-state index in [0.29, 0.717) is 13.0 Å². The number of carbonyl (C=O) groups excluding carboxylic acids is 3. The maximum atomic E-state index is 13.3. The quantitative estimate of drug-likeness (QED) is 0.647. The highest BCUT2D eigenvalue weighted by Crippen LogP contribution is 2.66. The predicted octanol–water partition coefficient (Wildman–Crippen LogP) is 0.938. The van der Waals surface area contributed by atoms with Crippen molar-refractivity contribution in [2.75, 3.05) is 19.8 Å². The predicted molar refractivity (Wildman–Crippen MR) is 102 cm³/mol. The van der Waals surface area contributed by atoms with E-state index in [1.807, 2.05) is 20.8 Å². The first-order valence-electron chi connectivity index (χ1n) is 9.74. The standard InChI is InChI=1S/C19H30N2O5S/c1-5-26-17(25)12-11-7-8-19(27-11)13(12)16(24)21(9-6-10-22)14(19)15(23)20-18(2,3)4/h11-14,22H,5-10H2,1-4H3,(H,20,23)/t11-,12+,13-,14?,19?/m0/s1. The van der Waals surface area contributed by atoms with Crippen LogP contribution in [0.15, 0.2) is 0 Å². The molecule has 152 valence electrons. The minimum atomic E-state index is -0.616. The molecule has 2 bridgehead atoms. The first kappa shape index (κ1) is 20.5. The second-order valence-electron chi connectivity index (χ2n) is 8.66. The monoisotopic (exact) mass is 398 g/mol. The molecule has 3 rings (SSSR count). The molecule has 2 N–H and O–H groups in total. The van der Waals surface area contributed by atoms with Gasteiger partial charge in [-0.05, 0) is 47.0 Å². The summed E-state index contributed by atoms with van der Waals surface area (Å²) in [4.78, 5) is 40.7. The summed E-state index contributed by atoms with van der Waals surface area (Å²) in [5.74, 6) is -1.65. The van der Waals surface area contributed by atoms with Crippen molar-refractivity contribution in [3.63, 3.8) is 0 Å². The molecule has 3 aliphatic rings. The van der Waals surface area contributed by atoms with Crippen LogP contribution in [0, 0.1) is 11.8 Å². The zero-order valence-electron chi connectivity index (χ0n) is 16.5. The number of aliphatic hydroxyl groups excluding tert-OH is 1. The number of hydrogen-bond donors (Lipinski definition) is 2. The van der Waals surface area contributed by atoms with Gasteiger partial charge in [-0.1, -0.05) is 0 Å². The normalized spacial score (nSPS) is 34.7. The van der Waals surface area contributed by atoms with Gasteiger partial charge >= 0.3 is 5.97 Å². The van der Waals surface area contributed by atoms with Crippen LogP contribution in [0.25, 0.3) is 0 Å². The summed E-state index contributed by atoms with van der Waals surface area (Å²) in [5, 5.41) is 12.3. The SMILES string of the molecule is CCOC(=O)[C@@H]1[C@@H]2CCC3(S2)C(C(=O)NC(C)(C)C)N(CCCO)C(=O)[C@H]13. The average Bonchev–Trinajstić information content (AvgIpc) is 3.19. The van der Waals surface area contributed by atoms with E-state index >= 15 is 0 Å². The van der Waals surface area contributed by atoms with Crippen molar-refractivity contribution in [3.8, 4) is 0 Å². The van der Waals surface area contributed by atoms with Crippen molar-refractivity contribution in [1.29, 1.82) is 0 Å². The summed E-state index contributed by atoms with van der Waals surface area (Å²) in [6, 6.07) is -0.616. The number of thioether (sulfide) groups is 1. The number of ether oxygens (including phenoxy) is 1. The Morgan fingerprint density at radius 2 is 2.11 bits per heavy atom. The second-order valence-corrected chi connectivity index (χ2v) is 10.3. The zero-order chi connectivity index (χ0) is 20.0. The number of amides is 2. The molecule has 3 heterocycles. The number of esters is 1. The number of aliphatic hydroxyl groups is 1. The number of hydrogen-bond acceptors (Lipinski definition) is 6. The molecule has 8 heteroatoms. The van der Waals surface area contributed by atoms with Crippen LogP contribution in [-0.2, 0) is 19.1 Å². The Morgan fingerprint density at radius 3 is 2.70 bits per heavy atom. The summed E-state index contributed by atoms with van der Waals surface area (Å²) in [5.41, 5.74) is -0.417. The number of nitrogens with zero attached hydrogens (tertiary/aromatic N) is 1. The maximum Gasteiger partial charge on any atom is 0.310 e. The van der Waals surface area contributed by atoms with E-state index in [4.69, 9.17) is 4.74 Å². The van der Waals surface area contributed by atoms with E-state index in [-0.39, 0.29) is 36.2 Å². The molecule has 3 aliphatic heterocycles. The molecule has 2 amide bonds. The minimum absolute atomic E-state index is 0.0305. The third kappa shape index (κ3) is 3.35. The second kappa shape index (κ2) is 7.28. The summed E-state index contributed by atoms with van der Waals surface area (Å²) < 4.78 is 4.68. The van der Waals surface area contributed by atoms with Gasteiger partial charge in [-0.2, -0.15) is 0 Å². The van der Waals surface area contributed by atoms with E-state index in [1.165, 1.54) is 0 Å². The first-order chi connectivity index (χ1) is 12.7. The number of nitrogens with one attached hydrogen (secondary N) is 1. The summed E-state index contributed by atoms with van der Waals surface area (Å²) in [6.07, 6.45) is 1.96. The lowest BCUT2D eigenvalue weighted by molar-refractivity contribution is -0.153. The fourth-order valence-corrected chi connectivity index (χ4v) is 7.09. The molecule has 27 heavy (non-hydrogen) atoms. The molecule has 2 unspecified atom stereocenters. The molecular weight excluding hydrogens is 368 g/mol. The van der Waals surface area contributed by atoms with Crippen molar-refractivity contribution in [2.45, 2.75) is 68.5 Å². The molecule has 0 aromatic carbocycles. The molecule has 1 spiro atoms. The van der Waals surface area contributed by atoms with Gasteiger partial charge in [-0.15, -0.1) is 11.8 Å². The molecule has 0 aliphatic carbocycles. The van der Waals surface area contributed by atoms with Crippen molar-refractivity contribution in [1.82, 2.24) is 10.2 Å². The van der Waals surface area contributed by atoms with Gasteiger partial charge in [0, 0.05) is 23.9 Å². The van der Waals surface area contributed by atoms with Crippen LogP contribution in [0.4, 0.5) is 0 Å². The van der Waals surface area contributed by atoms with Crippen molar-refractivity contribution >= 4 is 29.5 Å². The number of fused-ring (bicyclic) bond motifs is 1. The van der Waals surface area contributed by atoms with Crippen molar-refractivity contribution < 1.29 is 24.2 Å². The van der Waals surface area contributed by atoms with E-state index in [9.17, 15) is 19.5 Å². The highest BCUT2D eigenvalue weighted by Gasteiger charge is 2.73. The molecule has 3 saturated heterocycles. The topological polar surface area (TPSA) is 95.9 Å². The van der Waals surface area contributed by atoms with E-state index in [2.05, 4.69) is 5.32 Å². The van der Waals surface area contributed by atoms with E-state index in [0.717, 1.165) is 12.8 Å². The Hall–Kier alpha value is -1.28. The van der Waals surface area contributed by atoms with Crippen LogP contribution >= 0.6 is 11.8 Å². The van der Waals surface area contributed by atoms with Gasteiger partial charge in [0.1, 0.15) is 6.04 Å². The molecule has 0 radical (unpaired) electrons. The van der Waals surface area contributed by atoms with E-state index < -0.39 is 28.2 Å². The van der Waals surface area contributed by atoms with Gasteiger partial charge in [0.25, 0.3) is 0 Å². The van der Waals surface area contributed by atoms with Crippen molar-refractivity contribution in [2.24, 2.45) is 11.8 Å². The molecule has 0 aromatic rings. The summed E-state index contributed by atoms with van der Waals surface area (Å²) in [7, 11) is 0. The Morgan fingerprint density at radius 1 is 1.41 bits per heavy atom. The molecule has 3 fully saturated rings. The Bertz CT molecular complexity index is 634. The fraction of sp³-hybridized carbons (Fsp3) is 0.842. The van der Waals surface area contributed by atoms with Gasteiger partial charge in [-0.25, -0.2) is 0 Å². The highest BCUT2D eigenvalue weighted by molar-refractivity contribution is 8.02. The molecule has 0 saturated carbocycles. The molecule has 5 atom stereocenters. The van der Waals surface area contributed by atoms with Crippen LogP contribution in [0.1, 0.15) is 47.0 Å². The van der Waals surface area contributed by atoms with Crippen LogP contribution in [-0.4, -0.2) is 69.1 Å². The maximum absolute atomic E-state index is 13.3. The van der Waals surface area contributed by atoms with Gasteiger partial charge in [0.15, 0.2) is 0 Å². The third-order valence-electron chi connectivity index (χ3n) is 5.66. The smallest absolute Gasteiger partial charge is 0.310 e. The van der Waals surface area contributed by atoms with E-state index in [1.54, 1.807) is 23.6 Å². The Balaban J connectivity index is 1.97. The largest absolute Gasteiger partial charge is 0.466 e. The molecule has 0 aromatic heterocycles. The first-order valence-corrected chi connectivity index (χ1v) is 10.6. The zero-order valence-corrected chi connectivity index (χ0v) is 17.3. The van der Waals surface area contributed by atoms with Gasteiger partial charge < -0.3 is 20.1 Å². The van der Waals surface area contributed by atoms with Crippen molar-refractivity contribution in [3.05, 3.63) is 0 Å². The van der Waals surface area contributed by atoms with Gasteiger partial charge in [0.05, 0.1) is 23.2 Å². The number of likely N-dealkylation sites (tertiary alicyclic amines) is 1. The third-order valence-corrected chi connectivity index (χ3v) is 7.61. The van der Waals surface area contributed by atoms with Crippen LogP contribution in [0.5, 0.6) is 0 Å². The summed E-state index contributed by atoms with van der Waals surface area (Å²) in [6.45, 7) is 8.05. The van der Waals surface area contributed by atoms with Gasteiger partial charge in [-0.3, -0.25) is 14.4 Å². The Labute approximate surface area is 164 Å². The highest BCUT2D eigenvalue weighted by atomic mass is 32.2. The lowest BCUT2D eigenvalue weighted by Crippen LogP contribution is -2.57. The summed E-state index contributed by atoms with van der Waals surface area (Å²) >= 11 is 1.63.